The lowest BCUT2D eigenvalue weighted by Gasteiger charge is -2.23. The minimum Gasteiger partial charge on any atom is -0.398 e. The second kappa shape index (κ2) is 11.0. The molecule has 236 valence electrons. The van der Waals surface area contributed by atoms with Crippen molar-refractivity contribution in [1.29, 1.82) is 0 Å². The second-order valence-electron chi connectivity index (χ2n) is 14.1. The van der Waals surface area contributed by atoms with Crippen LogP contribution < -0.4 is 5.73 Å². The van der Waals surface area contributed by atoms with E-state index in [1.165, 1.54) is 49.2 Å². The van der Waals surface area contributed by atoms with Crippen molar-refractivity contribution < 1.29 is 0 Å². The molecular weight excluding hydrogens is 595 g/mol. The summed E-state index contributed by atoms with van der Waals surface area (Å²) in [5.74, 6) is 0. The van der Waals surface area contributed by atoms with E-state index in [1.54, 1.807) is 0 Å². The quantitative estimate of drug-likeness (QED) is 0.193. The van der Waals surface area contributed by atoms with E-state index in [4.69, 9.17) is 5.73 Å². The molecule has 0 radical (unpaired) electrons. The van der Waals surface area contributed by atoms with Crippen LogP contribution >= 0.6 is 0 Å². The van der Waals surface area contributed by atoms with Gasteiger partial charge in [-0.3, -0.25) is 0 Å². The summed E-state index contributed by atoms with van der Waals surface area (Å²) in [7, 11) is 0. The predicted molar refractivity (Wildman–Crippen MR) is 209 cm³/mol. The number of fused-ring (bicyclic) bond motifs is 6. The molecule has 0 unspecified atom stereocenters. The fraction of sp³-hybridized carbons (Fsp3) is 0.0870. The zero-order chi connectivity index (χ0) is 33.3. The largest absolute Gasteiger partial charge is 0.398 e. The lowest BCUT2D eigenvalue weighted by Crippen LogP contribution is -2.12. The molecule has 3 nitrogen and oxygen atoms in total. The van der Waals surface area contributed by atoms with E-state index in [0.717, 1.165) is 39.3 Å². The number of benzene rings is 7. The van der Waals surface area contributed by atoms with Gasteiger partial charge in [-0.25, -0.2) is 0 Å². The molecule has 49 heavy (non-hydrogen) atoms. The van der Waals surface area contributed by atoms with Crippen LogP contribution in [0.25, 0.3) is 77.2 Å². The Bertz CT molecular complexity index is 2400. The molecule has 2 N–H and O–H groups in total. The van der Waals surface area contributed by atoms with Crippen molar-refractivity contribution in [1.82, 2.24) is 9.13 Å². The normalized spacial score (nSPS) is 12.1. The van der Waals surface area contributed by atoms with E-state index in [1.807, 2.05) is 0 Å². The summed E-state index contributed by atoms with van der Waals surface area (Å²) in [4.78, 5) is 0. The van der Waals surface area contributed by atoms with Crippen molar-refractivity contribution in [2.24, 2.45) is 0 Å². The molecule has 0 fully saturated rings. The van der Waals surface area contributed by atoms with Gasteiger partial charge in [-0.05, 0) is 82.8 Å². The first kappa shape index (κ1) is 29.1. The van der Waals surface area contributed by atoms with Gasteiger partial charge in [0.1, 0.15) is 0 Å². The van der Waals surface area contributed by atoms with E-state index in [9.17, 15) is 0 Å². The molecule has 3 heteroatoms. The van der Waals surface area contributed by atoms with Crippen LogP contribution in [0.1, 0.15) is 26.3 Å². The smallest absolute Gasteiger partial charge is 0.0541 e. The molecule has 0 aliphatic rings. The number of hydrogen-bond donors (Lipinski definition) is 1. The van der Waals surface area contributed by atoms with Crippen molar-refractivity contribution in [2.75, 3.05) is 5.73 Å². The summed E-state index contributed by atoms with van der Waals surface area (Å²) >= 11 is 0. The molecule has 0 aliphatic carbocycles. The van der Waals surface area contributed by atoms with Crippen LogP contribution in [0.3, 0.4) is 0 Å². The summed E-state index contributed by atoms with van der Waals surface area (Å²) in [6.45, 7) is 6.80. The monoisotopic (exact) mass is 631 g/mol. The number of nitrogens with zero attached hydrogens (tertiary/aromatic N) is 2. The van der Waals surface area contributed by atoms with E-state index in [0.29, 0.717) is 0 Å². The van der Waals surface area contributed by atoms with Crippen molar-refractivity contribution in [3.8, 4) is 33.6 Å². The van der Waals surface area contributed by atoms with Gasteiger partial charge in [0, 0.05) is 49.7 Å². The maximum Gasteiger partial charge on any atom is 0.0541 e. The van der Waals surface area contributed by atoms with Crippen LogP contribution in [0.2, 0.25) is 0 Å². The van der Waals surface area contributed by atoms with Crippen LogP contribution in [-0.4, -0.2) is 9.13 Å². The molecule has 2 heterocycles. The Morgan fingerprint density at radius 1 is 0.408 bits per heavy atom. The topological polar surface area (TPSA) is 35.9 Å². The maximum absolute atomic E-state index is 7.11. The molecule has 0 amide bonds. The fourth-order valence-corrected chi connectivity index (χ4v) is 7.55. The number of rotatable bonds is 4. The Morgan fingerprint density at radius 2 is 0.714 bits per heavy atom. The Morgan fingerprint density at radius 3 is 1.02 bits per heavy atom. The van der Waals surface area contributed by atoms with Crippen LogP contribution in [0, 0.1) is 0 Å². The summed E-state index contributed by atoms with van der Waals surface area (Å²) in [6.07, 6.45) is 0. The van der Waals surface area contributed by atoms with Gasteiger partial charge in [-0.15, -0.1) is 0 Å². The average Bonchev–Trinajstić information content (AvgIpc) is 3.65. The number of nitrogens with two attached hydrogens (primary N) is 1. The third-order valence-electron chi connectivity index (χ3n) is 10.1. The molecule has 0 spiro atoms. The standard InChI is InChI=1S/C46H37N3/c1-46(2,3)32-28-39(30-20-24-33(25-21-30)48-41-16-8-4-12-35(41)36-13-5-9-17-42(36)48)45(47)40(29-32)31-22-26-34(27-23-31)49-43-18-10-6-14-37(43)38-15-7-11-19-44(38)49/h4-29H,47H2,1-3H3. The number of hydrogen-bond acceptors (Lipinski definition) is 1. The van der Waals surface area contributed by atoms with Crippen molar-refractivity contribution >= 4 is 49.3 Å². The van der Waals surface area contributed by atoms with Crippen molar-refractivity contribution in [3.63, 3.8) is 0 Å². The molecule has 0 saturated carbocycles. The number of nitrogen functional groups attached to an aromatic ring is 1. The van der Waals surface area contributed by atoms with Gasteiger partial charge in [0.15, 0.2) is 0 Å². The summed E-state index contributed by atoms with van der Waals surface area (Å²) in [5, 5.41) is 5.05. The highest BCUT2D eigenvalue weighted by Gasteiger charge is 2.20. The van der Waals surface area contributed by atoms with Gasteiger partial charge in [0.05, 0.1) is 22.1 Å². The van der Waals surface area contributed by atoms with E-state index in [2.05, 4.69) is 188 Å². The van der Waals surface area contributed by atoms with E-state index >= 15 is 0 Å². The Labute approximate surface area is 286 Å². The first-order valence-corrected chi connectivity index (χ1v) is 17.0. The van der Waals surface area contributed by atoms with Crippen LogP contribution in [0.5, 0.6) is 0 Å². The van der Waals surface area contributed by atoms with Crippen molar-refractivity contribution in [3.05, 3.63) is 163 Å². The highest BCUT2D eigenvalue weighted by Crippen LogP contribution is 2.41. The Kier molecular flexibility index (Phi) is 6.53. The first-order chi connectivity index (χ1) is 23.9. The maximum atomic E-state index is 7.11. The second-order valence-corrected chi connectivity index (χ2v) is 14.1. The van der Waals surface area contributed by atoms with E-state index < -0.39 is 0 Å². The van der Waals surface area contributed by atoms with Gasteiger partial charge in [0.2, 0.25) is 0 Å². The van der Waals surface area contributed by atoms with E-state index in [-0.39, 0.29) is 5.41 Å². The number of anilines is 1. The van der Waals surface area contributed by atoms with Crippen LogP contribution in [0.4, 0.5) is 5.69 Å². The van der Waals surface area contributed by atoms with Gasteiger partial charge in [0.25, 0.3) is 0 Å². The summed E-state index contributed by atoms with van der Waals surface area (Å²) < 4.78 is 4.71. The predicted octanol–water partition coefficient (Wildman–Crippen LogP) is 12.1. The molecule has 0 aliphatic heterocycles. The number of aromatic nitrogens is 2. The third kappa shape index (κ3) is 4.65. The highest BCUT2D eigenvalue weighted by atomic mass is 15.0. The SMILES string of the molecule is CC(C)(C)c1cc(-c2ccc(-n3c4ccccc4c4ccccc43)cc2)c(N)c(-c2ccc(-n3c4ccccc4c4ccccc43)cc2)c1. The zero-order valence-corrected chi connectivity index (χ0v) is 28.0. The summed E-state index contributed by atoms with van der Waals surface area (Å²) in [5.41, 5.74) is 20.5. The molecule has 9 aromatic rings. The molecule has 0 saturated heterocycles. The molecule has 2 aromatic heterocycles. The summed E-state index contributed by atoms with van der Waals surface area (Å²) in [6, 6.07) is 56.8. The van der Waals surface area contributed by atoms with Gasteiger partial charge < -0.3 is 14.9 Å². The number of para-hydroxylation sites is 4. The highest BCUT2D eigenvalue weighted by molar-refractivity contribution is 6.10. The molecule has 9 rings (SSSR count). The Balaban J connectivity index is 1.15. The molecule has 0 bridgehead atoms. The van der Waals surface area contributed by atoms with Crippen molar-refractivity contribution in [2.45, 2.75) is 26.2 Å². The third-order valence-corrected chi connectivity index (χ3v) is 10.1. The minimum atomic E-state index is -0.0526. The lowest BCUT2D eigenvalue weighted by molar-refractivity contribution is 0.591. The average molecular weight is 632 g/mol. The zero-order valence-electron chi connectivity index (χ0n) is 28.0. The minimum absolute atomic E-state index is 0.0526. The Hall–Kier alpha value is -6.06. The van der Waals surface area contributed by atoms with Crippen LogP contribution in [0.15, 0.2) is 158 Å². The molecule has 0 atom stereocenters. The van der Waals surface area contributed by atoms with Gasteiger partial charge in [-0.1, -0.05) is 118 Å². The van der Waals surface area contributed by atoms with Gasteiger partial charge in [-0.2, -0.15) is 0 Å². The molecular formula is C46H37N3. The fourth-order valence-electron chi connectivity index (χ4n) is 7.55. The first-order valence-electron chi connectivity index (χ1n) is 17.0. The molecule has 7 aromatic carbocycles. The lowest BCUT2D eigenvalue weighted by atomic mass is 9.82. The van der Waals surface area contributed by atoms with Gasteiger partial charge >= 0.3 is 0 Å². The van der Waals surface area contributed by atoms with Crippen LogP contribution in [-0.2, 0) is 5.41 Å².